The molecule has 2 N–H and O–H groups in total. The van der Waals surface area contributed by atoms with Gasteiger partial charge in [0.15, 0.2) is 0 Å². The Kier molecular flexibility index (Phi) is 4.36. The first-order valence-corrected chi connectivity index (χ1v) is 9.10. The van der Waals surface area contributed by atoms with E-state index in [0.29, 0.717) is 28.6 Å². The minimum atomic E-state index is -0.233. The zero-order chi connectivity index (χ0) is 19.0. The fraction of sp³-hybridized carbons (Fsp3) is 0.227. The van der Waals surface area contributed by atoms with Crippen molar-refractivity contribution < 1.29 is 9.59 Å². The molecular weight excluding hydrogens is 338 g/mol. The maximum Gasteiger partial charge on any atom is 0.257 e. The molecule has 5 nitrogen and oxygen atoms in total. The van der Waals surface area contributed by atoms with Gasteiger partial charge in [0, 0.05) is 22.7 Å². The maximum absolute atomic E-state index is 12.8. The Morgan fingerprint density at radius 2 is 1.81 bits per heavy atom. The second-order valence-corrected chi connectivity index (χ2v) is 7.10. The number of hydrogen-bond acceptors (Lipinski definition) is 3. The predicted octanol–water partition coefficient (Wildman–Crippen LogP) is 4.00. The molecule has 0 aliphatic heterocycles. The van der Waals surface area contributed by atoms with E-state index in [1.165, 1.54) is 0 Å². The van der Waals surface area contributed by atoms with Gasteiger partial charge in [-0.3, -0.25) is 14.6 Å². The number of benzene rings is 2. The summed E-state index contributed by atoms with van der Waals surface area (Å²) in [4.78, 5) is 29.5. The first-order chi connectivity index (χ1) is 13.0. The Hall–Kier alpha value is -3.21. The van der Waals surface area contributed by atoms with Crippen molar-refractivity contribution in [2.75, 3.05) is 5.32 Å². The van der Waals surface area contributed by atoms with E-state index in [1.807, 2.05) is 38.1 Å². The second-order valence-electron chi connectivity index (χ2n) is 7.10. The number of hydrogen-bond donors (Lipinski definition) is 2. The molecule has 2 aromatic carbocycles. The molecule has 3 aromatic rings. The summed E-state index contributed by atoms with van der Waals surface area (Å²) in [6.45, 7) is 3.84. The number of pyridine rings is 1. The van der Waals surface area contributed by atoms with Crippen molar-refractivity contribution in [1.82, 2.24) is 10.3 Å². The Morgan fingerprint density at radius 1 is 1.00 bits per heavy atom. The average Bonchev–Trinajstić information content (AvgIpc) is 3.45. The normalized spacial score (nSPS) is 13.4. The van der Waals surface area contributed by atoms with Crippen LogP contribution in [-0.4, -0.2) is 22.8 Å². The van der Waals surface area contributed by atoms with E-state index in [4.69, 9.17) is 0 Å². The zero-order valence-corrected chi connectivity index (χ0v) is 15.4. The van der Waals surface area contributed by atoms with Crippen LogP contribution in [0.15, 0.2) is 48.5 Å². The summed E-state index contributed by atoms with van der Waals surface area (Å²) in [5, 5.41) is 6.77. The number of nitrogens with zero attached hydrogens (tertiary/aromatic N) is 1. The summed E-state index contributed by atoms with van der Waals surface area (Å²) in [5.41, 5.74) is 4.32. The van der Waals surface area contributed by atoms with Gasteiger partial charge < -0.3 is 10.6 Å². The van der Waals surface area contributed by atoms with E-state index in [1.54, 1.807) is 24.3 Å². The van der Waals surface area contributed by atoms with Crippen LogP contribution in [-0.2, 0) is 0 Å². The highest BCUT2D eigenvalue weighted by atomic mass is 16.2. The lowest BCUT2D eigenvalue weighted by molar-refractivity contribution is 0.0949. The van der Waals surface area contributed by atoms with Crippen molar-refractivity contribution in [2.24, 2.45) is 0 Å². The molecule has 0 unspecified atom stereocenters. The van der Waals surface area contributed by atoms with Crippen LogP contribution >= 0.6 is 0 Å². The molecule has 1 heterocycles. The van der Waals surface area contributed by atoms with Crippen molar-refractivity contribution in [3.63, 3.8) is 0 Å². The van der Waals surface area contributed by atoms with Gasteiger partial charge in [-0.05, 0) is 63.1 Å². The predicted molar refractivity (Wildman–Crippen MR) is 106 cm³/mol. The number of aromatic nitrogens is 1. The monoisotopic (exact) mass is 359 g/mol. The molecule has 1 aliphatic carbocycles. The summed E-state index contributed by atoms with van der Waals surface area (Å²) in [6, 6.07) is 15.1. The molecule has 136 valence electrons. The average molecular weight is 359 g/mol. The Morgan fingerprint density at radius 3 is 2.59 bits per heavy atom. The van der Waals surface area contributed by atoms with E-state index >= 15 is 0 Å². The van der Waals surface area contributed by atoms with Gasteiger partial charge in [0.25, 0.3) is 11.8 Å². The fourth-order valence-corrected chi connectivity index (χ4v) is 3.06. The van der Waals surface area contributed by atoms with Gasteiger partial charge in [-0.15, -0.1) is 0 Å². The summed E-state index contributed by atoms with van der Waals surface area (Å²) in [6.07, 6.45) is 2.08. The molecule has 0 spiro atoms. The lowest BCUT2D eigenvalue weighted by Crippen LogP contribution is -2.25. The van der Waals surface area contributed by atoms with E-state index in [0.717, 1.165) is 29.3 Å². The van der Waals surface area contributed by atoms with Crippen LogP contribution in [0.25, 0.3) is 10.9 Å². The third-order valence-corrected chi connectivity index (χ3v) is 4.70. The van der Waals surface area contributed by atoms with Gasteiger partial charge in [0.2, 0.25) is 0 Å². The standard InChI is InChI=1S/C22H21N3O2/c1-13-6-9-20-16(10-13)12-19(14(2)23-20)22(27)25-18-5-3-4-15(11-18)21(26)24-17-7-8-17/h3-6,9-12,17H,7-8H2,1-2H3,(H,24,26)(H,25,27). The number of aryl methyl sites for hydroxylation is 2. The fourth-order valence-electron chi connectivity index (χ4n) is 3.06. The van der Waals surface area contributed by atoms with Crippen LogP contribution in [0.1, 0.15) is 44.8 Å². The molecule has 1 fully saturated rings. The molecule has 27 heavy (non-hydrogen) atoms. The molecule has 1 aliphatic rings. The van der Waals surface area contributed by atoms with Gasteiger partial charge in [0.05, 0.1) is 16.8 Å². The van der Waals surface area contributed by atoms with E-state index in [-0.39, 0.29) is 11.8 Å². The molecule has 2 amide bonds. The van der Waals surface area contributed by atoms with Gasteiger partial charge in [-0.25, -0.2) is 0 Å². The zero-order valence-electron chi connectivity index (χ0n) is 15.4. The van der Waals surface area contributed by atoms with Crippen LogP contribution < -0.4 is 10.6 Å². The molecule has 0 atom stereocenters. The highest BCUT2D eigenvalue weighted by molar-refractivity contribution is 6.07. The first kappa shape index (κ1) is 17.2. The Bertz CT molecular complexity index is 1050. The Balaban J connectivity index is 1.57. The third kappa shape index (κ3) is 3.82. The minimum Gasteiger partial charge on any atom is -0.349 e. The van der Waals surface area contributed by atoms with E-state index in [9.17, 15) is 9.59 Å². The summed E-state index contributed by atoms with van der Waals surface area (Å²) in [7, 11) is 0. The molecule has 1 aromatic heterocycles. The number of amides is 2. The van der Waals surface area contributed by atoms with Gasteiger partial charge >= 0.3 is 0 Å². The number of carbonyl (C=O) groups excluding carboxylic acids is 2. The summed E-state index contributed by atoms with van der Waals surface area (Å²) in [5.74, 6) is -0.337. The lowest BCUT2D eigenvalue weighted by Gasteiger charge is -2.10. The highest BCUT2D eigenvalue weighted by Gasteiger charge is 2.24. The molecular formula is C22H21N3O2. The minimum absolute atomic E-state index is 0.104. The number of fused-ring (bicyclic) bond motifs is 1. The molecule has 0 bridgehead atoms. The number of anilines is 1. The van der Waals surface area contributed by atoms with Gasteiger partial charge in [-0.1, -0.05) is 17.7 Å². The van der Waals surface area contributed by atoms with Crippen LogP contribution in [0, 0.1) is 13.8 Å². The SMILES string of the molecule is Cc1ccc2nc(C)c(C(=O)Nc3cccc(C(=O)NC4CC4)c3)cc2c1. The molecule has 1 saturated carbocycles. The van der Waals surface area contributed by atoms with Crippen LogP contribution in [0.5, 0.6) is 0 Å². The van der Waals surface area contributed by atoms with Crippen molar-refractivity contribution >= 4 is 28.4 Å². The van der Waals surface area contributed by atoms with Gasteiger partial charge in [0.1, 0.15) is 0 Å². The van der Waals surface area contributed by atoms with Crippen molar-refractivity contribution in [2.45, 2.75) is 32.7 Å². The molecule has 4 rings (SSSR count). The molecule has 0 radical (unpaired) electrons. The quantitative estimate of drug-likeness (QED) is 0.740. The largest absolute Gasteiger partial charge is 0.349 e. The highest BCUT2D eigenvalue weighted by Crippen LogP contribution is 2.21. The molecule has 5 heteroatoms. The van der Waals surface area contributed by atoms with Crippen LogP contribution in [0.4, 0.5) is 5.69 Å². The van der Waals surface area contributed by atoms with Gasteiger partial charge in [-0.2, -0.15) is 0 Å². The van der Waals surface area contributed by atoms with Crippen molar-refractivity contribution in [3.05, 3.63) is 70.9 Å². The smallest absolute Gasteiger partial charge is 0.257 e. The summed E-state index contributed by atoms with van der Waals surface area (Å²) < 4.78 is 0. The lowest BCUT2D eigenvalue weighted by atomic mass is 10.1. The van der Waals surface area contributed by atoms with E-state index < -0.39 is 0 Å². The maximum atomic E-state index is 12.8. The summed E-state index contributed by atoms with van der Waals surface area (Å²) >= 11 is 0. The third-order valence-electron chi connectivity index (χ3n) is 4.70. The second kappa shape index (κ2) is 6.83. The topological polar surface area (TPSA) is 71.1 Å². The number of carbonyl (C=O) groups is 2. The Labute approximate surface area is 157 Å². The molecule has 0 saturated heterocycles. The van der Waals surface area contributed by atoms with E-state index in [2.05, 4.69) is 15.6 Å². The first-order valence-electron chi connectivity index (χ1n) is 9.10. The van der Waals surface area contributed by atoms with Crippen molar-refractivity contribution in [3.8, 4) is 0 Å². The van der Waals surface area contributed by atoms with Crippen LogP contribution in [0.2, 0.25) is 0 Å². The van der Waals surface area contributed by atoms with Crippen LogP contribution in [0.3, 0.4) is 0 Å². The number of nitrogens with one attached hydrogen (secondary N) is 2. The van der Waals surface area contributed by atoms with Crippen molar-refractivity contribution in [1.29, 1.82) is 0 Å². The number of rotatable bonds is 4.